The molecule has 1 aliphatic rings. The Balaban J connectivity index is 2.34. The Hall–Kier alpha value is -1.26. The van der Waals surface area contributed by atoms with Gasteiger partial charge in [-0.25, -0.2) is 4.79 Å². The van der Waals surface area contributed by atoms with Gasteiger partial charge in [-0.3, -0.25) is 4.79 Å². The van der Waals surface area contributed by atoms with Crippen LogP contribution < -0.4 is 5.32 Å². The lowest BCUT2D eigenvalue weighted by molar-refractivity contribution is -0.138. The van der Waals surface area contributed by atoms with Gasteiger partial charge in [0.15, 0.2) is 0 Å². The predicted molar refractivity (Wildman–Crippen MR) is 74.1 cm³/mol. The van der Waals surface area contributed by atoms with Crippen molar-refractivity contribution >= 4 is 12.0 Å². The molecule has 5 heteroatoms. The molecule has 1 aliphatic carbocycles. The Morgan fingerprint density at radius 2 is 1.95 bits per heavy atom. The molecule has 0 saturated heterocycles. The van der Waals surface area contributed by atoms with E-state index in [1.807, 2.05) is 14.0 Å². The number of carbonyl (C=O) groups excluding carboxylic acids is 1. The van der Waals surface area contributed by atoms with Crippen molar-refractivity contribution in [3.8, 4) is 0 Å². The molecule has 0 radical (unpaired) electrons. The van der Waals surface area contributed by atoms with Crippen LogP contribution in [0.25, 0.3) is 0 Å². The largest absolute Gasteiger partial charge is 0.481 e. The molecule has 0 bridgehead atoms. The number of nitrogens with zero attached hydrogens (tertiary/aromatic N) is 1. The van der Waals surface area contributed by atoms with Crippen LogP contribution in [-0.2, 0) is 4.79 Å². The van der Waals surface area contributed by atoms with Crippen LogP contribution >= 0.6 is 0 Å². The maximum absolute atomic E-state index is 12.0. The third-order valence-corrected chi connectivity index (χ3v) is 4.03. The van der Waals surface area contributed by atoms with Crippen molar-refractivity contribution in [3.05, 3.63) is 0 Å². The number of urea groups is 1. The van der Waals surface area contributed by atoms with E-state index < -0.39 is 5.97 Å². The Morgan fingerprint density at radius 3 is 2.47 bits per heavy atom. The minimum Gasteiger partial charge on any atom is -0.481 e. The summed E-state index contributed by atoms with van der Waals surface area (Å²) >= 11 is 0. The number of carboxylic acid groups (broad SMARTS) is 1. The molecule has 19 heavy (non-hydrogen) atoms. The molecular weight excluding hydrogens is 244 g/mol. The zero-order valence-electron chi connectivity index (χ0n) is 12.0. The van der Waals surface area contributed by atoms with Crippen molar-refractivity contribution in [1.82, 2.24) is 10.2 Å². The first-order chi connectivity index (χ1) is 9.04. The van der Waals surface area contributed by atoms with Gasteiger partial charge in [0.25, 0.3) is 0 Å². The number of hydrogen-bond acceptors (Lipinski definition) is 2. The number of nitrogens with one attached hydrogen (secondary N) is 1. The SMILES string of the molecule is CCC(CNC(=O)N(C)C1CCCCC1)CC(=O)O. The van der Waals surface area contributed by atoms with Crippen molar-refractivity contribution in [1.29, 1.82) is 0 Å². The molecule has 2 amide bonds. The van der Waals surface area contributed by atoms with E-state index in [2.05, 4.69) is 5.32 Å². The number of amides is 2. The molecule has 1 rings (SSSR count). The summed E-state index contributed by atoms with van der Waals surface area (Å²) in [6.07, 6.45) is 6.69. The van der Waals surface area contributed by atoms with Gasteiger partial charge in [0.1, 0.15) is 0 Å². The molecule has 0 aromatic rings. The van der Waals surface area contributed by atoms with Crippen LogP contribution in [0.2, 0.25) is 0 Å². The summed E-state index contributed by atoms with van der Waals surface area (Å²) in [4.78, 5) is 24.5. The summed E-state index contributed by atoms with van der Waals surface area (Å²) in [5, 5.41) is 11.6. The van der Waals surface area contributed by atoms with Crippen LogP contribution in [-0.4, -0.2) is 41.6 Å². The highest BCUT2D eigenvalue weighted by molar-refractivity contribution is 5.74. The molecular formula is C14H26N2O3. The third kappa shape index (κ3) is 5.49. The highest BCUT2D eigenvalue weighted by atomic mass is 16.4. The molecule has 1 unspecified atom stereocenters. The van der Waals surface area contributed by atoms with Gasteiger partial charge in [-0.15, -0.1) is 0 Å². The summed E-state index contributed by atoms with van der Waals surface area (Å²) in [7, 11) is 1.84. The average molecular weight is 270 g/mol. The fourth-order valence-corrected chi connectivity index (χ4v) is 2.60. The monoisotopic (exact) mass is 270 g/mol. The van der Waals surface area contributed by atoms with Crippen LogP contribution in [0.4, 0.5) is 4.79 Å². The normalized spacial score (nSPS) is 17.8. The lowest BCUT2D eigenvalue weighted by atomic mass is 9.95. The molecule has 0 spiro atoms. The zero-order valence-corrected chi connectivity index (χ0v) is 12.0. The quantitative estimate of drug-likeness (QED) is 0.779. The molecule has 0 heterocycles. The average Bonchev–Trinajstić information content (AvgIpc) is 2.42. The highest BCUT2D eigenvalue weighted by Gasteiger charge is 2.22. The van der Waals surface area contributed by atoms with Crippen LogP contribution in [0.3, 0.4) is 0 Å². The van der Waals surface area contributed by atoms with E-state index in [4.69, 9.17) is 5.11 Å². The van der Waals surface area contributed by atoms with Crippen LogP contribution in [0.15, 0.2) is 0 Å². The van der Waals surface area contributed by atoms with Gasteiger partial charge in [-0.2, -0.15) is 0 Å². The Kier molecular flexibility index (Phi) is 6.67. The van der Waals surface area contributed by atoms with E-state index in [-0.39, 0.29) is 18.4 Å². The number of aliphatic carboxylic acids is 1. The maximum Gasteiger partial charge on any atom is 0.317 e. The summed E-state index contributed by atoms with van der Waals surface area (Å²) < 4.78 is 0. The van der Waals surface area contributed by atoms with Crippen molar-refractivity contribution in [2.24, 2.45) is 5.92 Å². The summed E-state index contributed by atoms with van der Waals surface area (Å²) in [5.41, 5.74) is 0. The van der Waals surface area contributed by atoms with E-state index in [0.717, 1.165) is 19.3 Å². The standard InChI is InChI=1S/C14H26N2O3/c1-3-11(9-13(17)18)10-15-14(19)16(2)12-7-5-4-6-8-12/h11-12H,3-10H2,1-2H3,(H,15,19)(H,17,18). The molecule has 1 fully saturated rings. The van der Waals surface area contributed by atoms with Crippen molar-refractivity contribution in [2.75, 3.05) is 13.6 Å². The van der Waals surface area contributed by atoms with E-state index in [0.29, 0.717) is 12.6 Å². The molecule has 0 aromatic heterocycles. The van der Waals surface area contributed by atoms with Crippen LogP contribution in [0, 0.1) is 5.92 Å². The zero-order chi connectivity index (χ0) is 14.3. The first-order valence-corrected chi connectivity index (χ1v) is 7.27. The van der Waals surface area contributed by atoms with Crippen molar-refractivity contribution < 1.29 is 14.7 Å². The Morgan fingerprint density at radius 1 is 1.32 bits per heavy atom. The second-order valence-corrected chi connectivity index (χ2v) is 5.46. The number of carbonyl (C=O) groups is 2. The van der Waals surface area contributed by atoms with E-state index in [9.17, 15) is 9.59 Å². The number of hydrogen-bond donors (Lipinski definition) is 2. The predicted octanol–water partition coefficient (Wildman–Crippen LogP) is 2.46. The van der Waals surface area contributed by atoms with E-state index in [1.165, 1.54) is 19.3 Å². The van der Waals surface area contributed by atoms with Gasteiger partial charge in [-0.1, -0.05) is 32.6 Å². The highest BCUT2D eigenvalue weighted by Crippen LogP contribution is 2.21. The fraction of sp³-hybridized carbons (Fsp3) is 0.857. The molecule has 1 atom stereocenters. The van der Waals surface area contributed by atoms with Gasteiger partial charge >= 0.3 is 12.0 Å². The summed E-state index contributed by atoms with van der Waals surface area (Å²) in [6.45, 7) is 2.39. The van der Waals surface area contributed by atoms with Gasteiger partial charge < -0.3 is 15.3 Å². The minimum atomic E-state index is -0.804. The molecule has 2 N–H and O–H groups in total. The van der Waals surface area contributed by atoms with Crippen molar-refractivity contribution in [3.63, 3.8) is 0 Å². The smallest absolute Gasteiger partial charge is 0.317 e. The van der Waals surface area contributed by atoms with Gasteiger partial charge in [0, 0.05) is 26.1 Å². The Labute approximate surface area is 115 Å². The van der Waals surface area contributed by atoms with Gasteiger partial charge in [0.05, 0.1) is 0 Å². The van der Waals surface area contributed by atoms with Crippen LogP contribution in [0.1, 0.15) is 51.9 Å². The lowest BCUT2D eigenvalue weighted by Gasteiger charge is -2.31. The first-order valence-electron chi connectivity index (χ1n) is 7.27. The fourth-order valence-electron chi connectivity index (χ4n) is 2.60. The third-order valence-electron chi connectivity index (χ3n) is 4.03. The molecule has 0 aromatic carbocycles. The second-order valence-electron chi connectivity index (χ2n) is 5.46. The van der Waals surface area contributed by atoms with Gasteiger partial charge in [-0.05, 0) is 18.8 Å². The number of rotatable bonds is 6. The van der Waals surface area contributed by atoms with Crippen molar-refractivity contribution in [2.45, 2.75) is 57.9 Å². The topological polar surface area (TPSA) is 69.6 Å². The van der Waals surface area contributed by atoms with Gasteiger partial charge in [0.2, 0.25) is 0 Å². The molecule has 5 nitrogen and oxygen atoms in total. The second kappa shape index (κ2) is 8.02. The molecule has 1 saturated carbocycles. The first kappa shape index (κ1) is 15.8. The summed E-state index contributed by atoms with van der Waals surface area (Å²) in [5.74, 6) is -0.789. The minimum absolute atomic E-state index is 0.0150. The van der Waals surface area contributed by atoms with E-state index >= 15 is 0 Å². The lowest BCUT2D eigenvalue weighted by Crippen LogP contribution is -2.45. The van der Waals surface area contributed by atoms with E-state index in [1.54, 1.807) is 4.90 Å². The van der Waals surface area contributed by atoms with Crippen LogP contribution in [0.5, 0.6) is 0 Å². The Bertz CT molecular complexity index is 301. The summed E-state index contributed by atoms with van der Waals surface area (Å²) in [6, 6.07) is 0.268. The molecule has 0 aliphatic heterocycles. The maximum atomic E-state index is 12.0. The number of carboxylic acids is 1. The molecule has 110 valence electrons.